The molecule has 0 saturated carbocycles. The zero-order chi connectivity index (χ0) is 10.2. The van der Waals surface area contributed by atoms with Crippen LogP contribution in [0.5, 0.6) is 0 Å². The molecule has 0 fully saturated rings. The Labute approximate surface area is 79.9 Å². The van der Waals surface area contributed by atoms with Crippen LogP contribution in [0.15, 0.2) is 6.07 Å². The molecule has 0 amide bonds. The van der Waals surface area contributed by atoms with Crippen molar-refractivity contribution in [1.82, 2.24) is 9.78 Å². The van der Waals surface area contributed by atoms with Gasteiger partial charge in [0.2, 0.25) is 0 Å². The third kappa shape index (κ3) is 2.02. The topological polar surface area (TPSA) is 43.8 Å². The second-order valence-corrected chi connectivity index (χ2v) is 4.73. The van der Waals surface area contributed by atoms with Crippen LogP contribution >= 0.6 is 0 Å². The number of nitrogens with zero attached hydrogens (tertiary/aromatic N) is 2. The molecule has 0 spiro atoms. The number of aromatic nitrogens is 2. The van der Waals surface area contributed by atoms with Crippen molar-refractivity contribution in [3.05, 3.63) is 11.8 Å². The standard InChI is InChI=1S/C10H19N3/c1-7(2)8-6-9(11)12-13(8)10(3,4)5/h6-7H,1-5H3,(H2,11,12). The van der Waals surface area contributed by atoms with Crippen molar-refractivity contribution in [3.63, 3.8) is 0 Å². The summed E-state index contributed by atoms with van der Waals surface area (Å²) in [4.78, 5) is 0. The minimum atomic E-state index is 0.0111. The second kappa shape index (κ2) is 3.05. The van der Waals surface area contributed by atoms with Gasteiger partial charge < -0.3 is 5.73 Å². The summed E-state index contributed by atoms with van der Waals surface area (Å²) in [6.45, 7) is 10.7. The van der Waals surface area contributed by atoms with Crippen LogP contribution in [-0.4, -0.2) is 9.78 Å². The Hall–Kier alpha value is -0.990. The van der Waals surface area contributed by atoms with E-state index in [9.17, 15) is 0 Å². The van der Waals surface area contributed by atoms with Gasteiger partial charge in [-0.25, -0.2) is 0 Å². The van der Waals surface area contributed by atoms with Crippen LogP contribution in [-0.2, 0) is 5.54 Å². The first-order valence-corrected chi connectivity index (χ1v) is 4.68. The lowest BCUT2D eigenvalue weighted by Gasteiger charge is -2.23. The molecule has 0 radical (unpaired) electrons. The summed E-state index contributed by atoms with van der Waals surface area (Å²) in [6.07, 6.45) is 0. The highest BCUT2D eigenvalue weighted by Gasteiger charge is 2.20. The smallest absolute Gasteiger partial charge is 0.145 e. The minimum Gasteiger partial charge on any atom is -0.382 e. The molecule has 0 aliphatic rings. The Morgan fingerprint density at radius 3 is 2.23 bits per heavy atom. The molecule has 74 valence electrons. The van der Waals surface area contributed by atoms with Crippen molar-refractivity contribution in [3.8, 4) is 0 Å². The van der Waals surface area contributed by atoms with Gasteiger partial charge in [0.25, 0.3) is 0 Å². The maximum atomic E-state index is 5.68. The fraction of sp³-hybridized carbons (Fsp3) is 0.700. The third-order valence-electron chi connectivity index (χ3n) is 1.98. The lowest BCUT2D eigenvalue weighted by molar-refractivity contribution is 0.340. The first kappa shape index (κ1) is 10.1. The molecule has 0 aliphatic carbocycles. The second-order valence-electron chi connectivity index (χ2n) is 4.73. The zero-order valence-electron chi connectivity index (χ0n) is 9.13. The van der Waals surface area contributed by atoms with Crippen LogP contribution in [0.25, 0.3) is 0 Å². The summed E-state index contributed by atoms with van der Waals surface area (Å²) in [6, 6.07) is 1.95. The number of anilines is 1. The van der Waals surface area contributed by atoms with Crippen molar-refractivity contribution < 1.29 is 0 Å². The van der Waals surface area contributed by atoms with Gasteiger partial charge in [0.15, 0.2) is 0 Å². The van der Waals surface area contributed by atoms with E-state index >= 15 is 0 Å². The Morgan fingerprint density at radius 2 is 1.92 bits per heavy atom. The van der Waals surface area contributed by atoms with Crippen molar-refractivity contribution >= 4 is 5.82 Å². The van der Waals surface area contributed by atoms with Crippen molar-refractivity contribution in [2.75, 3.05) is 5.73 Å². The highest BCUT2D eigenvalue weighted by Crippen LogP contribution is 2.23. The molecule has 0 aromatic carbocycles. The van der Waals surface area contributed by atoms with E-state index < -0.39 is 0 Å². The summed E-state index contributed by atoms with van der Waals surface area (Å²) in [7, 11) is 0. The molecular formula is C10H19N3. The summed E-state index contributed by atoms with van der Waals surface area (Å²) in [5, 5.41) is 4.30. The van der Waals surface area contributed by atoms with E-state index in [0.29, 0.717) is 11.7 Å². The van der Waals surface area contributed by atoms with E-state index in [2.05, 4.69) is 39.7 Å². The van der Waals surface area contributed by atoms with Crippen LogP contribution < -0.4 is 5.73 Å². The van der Waals surface area contributed by atoms with Crippen LogP contribution in [0.1, 0.15) is 46.2 Å². The fourth-order valence-corrected chi connectivity index (χ4v) is 1.36. The van der Waals surface area contributed by atoms with Gasteiger partial charge in [-0.3, -0.25) is 4.68 Å². The quantitative estimate of drug-likeness (QED) is 0.722. The van der Waals surface area contributed by atoms with Gasteiger partial charge in [-0.2, -0.15) is 5.10 Å². The number of nitrogens with two attached hydrogens (primary N) is 1. The molecule has 3 nitrogen and oxygen atoms in total. The van der Waals surface area contributed by atoms with Crippen molar-refractivity contribution in [1.29, 1.82) is 0 Å². The SMILES string of the molecule is CC(C)c1cc(N)nn1C(C)(C)C. The van der Waals surface area contributed by atoms with E-state index in [1.807, 2.05) is 10.7 Å². The summed E-state index contributed by atoms with van der Waals surface area (Å²) in [5.41, 5.74) is 6.89. The molecule has 0 unspecified atom stereocenters. The molecule has 2 N–H and O–H groups in total. The molecule has 0 atom stereocenters. The number of nitrogen functional groups attached to an aromatic ring is 1. The molecule has 3 heteroatoms. The molecule has 1 rings (SSSR count). The highest BCUT2D eigenvalue weighted by molar-refractivity contribution is 5.31. The first-order chi connectivity index (χ1) is 5.82. The molecule has 1 aromatic rings. The molecule has 0 saturated heterocycles. The maximum Gasteiger partial charge on any atom is 0.145 e. The van der Waals surface area contributed by atoms with E-state index in [-0.39, 0.29) is 5.54 Å². The van der Waals surface area contributed by atoms with Gasteiger partial charge in [-0.05, 0) is 26.7 Å². The van der Waals surface area contributed by atoms with E-state index in [4.69, 9.17) is 5.73 Å². The predicted molar refractivity (Wildman–Crippen MR) is 55.7 cm³/mol. The van der Waals surface area contributed by atoms with Crippen molar-refractivity contribution in [2.45, 2.75) is 46.1 Å². The highest BCUT2D eigenvalue weighted by atomic mass is 15.3. The van der Waals surface area contributed by atoms with Gasteiger partial charge in [0, 0.05) is 11.8 Å². The van der Waals surface area contributed by atoms with E-state index in [1.54, 1.807) is 0 Å². The summed E-state index contributed by atoms with van der Waals surface area (Å²) < 4.78 is 2.01. The first-order valence-electron chi connectivity index (χ1n) is 4.68. The van der Waals surface area contributed by atoms with E-state index in [1.165, 1.54) is 5.69 Å². The van der Waals surface area contributed by atoms with E-state index in [0.717, 1.165) is 0 Å². The van der Waals surface area contributed by atoms with Crippen LogP contribution in [0, 0.1) is 0 Å². The molecule has 1 heterocycles. The average molecular weight is 181 g/mol. The summed E-state index contributed by atoms with van der Waals surface area (Å²) in [5.74, 6) is 1.07. The fourth-order valence-electron chi connectivity index (χ4n) is 1.36. The van der Waals surface area contributed by atoms with Crippen molar-refractivity contribution in [2.24, 2.45) is 0 Å². The average Bonchev–Trinajstić information content (AvgIpc) is 2.29. The Morgan fingerprint density at radius 1 is 1.38 bits per heavy atom. The molecule has 0 bridgehead atoms. The summed E-state index contributed by atoms with van der Waals surface area (Å²) >= 11 is 0. The van der Waals surface area contributed by atoms with Crippen LogP contribution in [0.4, 0.5) is 5.82 Å². The minimum absolute atomic E-state index is 0.0111. The maximum absolute atomic E-state index is 5.68. The Balaban J connectivity index is 3.20. The number of rotatable bonds is 1. The number of hydrogen-bond donors (Lipinski definition) is 1. The lowest BCUT2D eigenvalue weighted by atomic mass is 10.1. The zero-order valence-corrected chi connectivity index (χ0v) is 9.13. The van der Waals surface area contributed by atoms with Crippen LogP contribution in [0.3, 0.4) is 0 Å². The Kier molecular flexibility index (Phi) is 2.37. The van der Waals surface area contributed by atoms with Gasteiger partial charge >= 0.3 is 0 Å². The van der Waals surface area contributed by atoms with Gasteiger partial charge in [-0.15, -0.1) is 0 Å². The molecule has 1 aromatic heterocycles. The van der Waals surface area contributed by atoms with Gasteiger partial charge in [-0.1, -0.05) is 13.8 Å². The monoisotopic (exact) mass is 181 g/mol. The van der Waals surface area contributed by atoms with Gasteiger partial charge in [0.1, 0.15) is 5.82 Å². The van der Waals surface area contributed by atoms with Crippen LogP contribution in [0.2, 0.25) is 0 Å². The lowest BCUT2D eigenvalue weighted by Crippen LogP contribution is -2.25. The number of hydrogen-bond acceptors (Lipinski definition) is 2. The molecule has 13 heavy (non-hydrogen) atoms. The Bertz CT molecular complexity index is 292. The van der Waals surface area contributed by atoms with Gasteiger partial charge in [0.05, 0.1) is 5.54 Å². The molecule has 0 aliphatic heterocycles. The third-order valence-corrected chi connectivity index (χ3v) is 1.98. The molecular weight excluding hydrogens is 162 g/mol. The largest absolute Gasteiger partial charge is 0.382 e. The normalized spacial score (nSPS) is 12.5. The predicted octanol–water partition coefficient (Wildman–Crippen LogP) is 2.34.